The number of carbonyl (C=O) groups is 15. The number of rotatable bonds is 32. The van der Waals surface area contributed by atoms with Crippen molar-refractivity contribution >= 4 is 161 Å². The van der Waals surface area contributed by atoms with Gasteiger partial charge in [-0.3, -0.25) is 78.5 Å². The largest absolute Gasteiger partial charge is 0.495 e. The molecule has 42 nitrogen and oxygen atoms in total. The molecule has 2 bridgehead atoms. The summed E-state index contributed by atoms with van der Waals surface area (Å²) >= 11 is 6.88. The van der Waals surface area contributed by atoms with E-state index in [0.29, 0.717) is 17.9 Å². The number of fused-ring (bicyclic) bond motifs is 3. The summed E-state index contributed by atoms with van der Waals surface area (Å²) in [7, 11) is 9.54. The number of allylic oxidation sites excluding steroid dienone is 3. The number of hydrogen-bond acceptors (Lipinski definition) is 28. The second-order valence-corrected chi connectivity index (χ2v) is 35.9. The molecule has 15 atom stereocenters. The lowest BCUT2D eigenvalue weighted by Crippen LogP contribution is -2.71. The summed E-state index contributed by atoms with van der Waals surface area (Å²) in [4.78, 5) is 209. The summed E-state index contributed by atoms with van der Waals surface area (Å²) in [5, 5.41) is 57.6. The predicted octanol–water partition coefficient (Wildman–Crippen LogP) is -2.36. The lowest BCUT2D eigenvalue weighted by molar-refractivity contribution is -0.339. The zero-order valence-electron chi connectivity index (χ0n) is 69.8. The number of likely N-dealkylation sites (N-methyl/N-ethyl adjacent to an activating group) is 1. The lowest BCUT2D eigenvalue weighted by atomic mass is 9.79. The molecule has 674 valence electrons. The Bertz CT molecular complexity index is 4030. The minimum Gasteiger partial charge on any atom is -0.495 e. The first kappa shape index (κ1) is 102. The predicted molar refractivity (Wildman–Crippen MR) is 452 cm³/mol. The van der Waals surface area contributed by atoms with Crippen molar-refractivity contribution in [2.75, 3.05) is 89.8 Å². The Morgan fingerprint density at radius 1 is 0.802 bits per heavy atom. The Balaban J connectivity index is 1.35. The third-order valence-electron chi connectivity index (χ3n) is 20.2. The van der Waals surface area contributed by atoms with Crippen molar-refractivity contribution < 1.29 is 105 Å². The third-order valence-corrected chi connectivity index (χ3v) is 26.3. The van der Waals surface area contributed by atoms with Gasteiger partial charge >= 0.3 is 12.1 Å². The molecule has 4 saturated heterocycles. The number of ether oxygens (including phenoxy) is 6. The van der Waals surface area contributed by atoms with Crippen molar-refractivity contribution in [3.8, 4) is 5.75 Å². The first-order chi connectivity index (χ1) is 56.8. The van der Waals surface area contributed by atoms with Gasteiger partial charge in [0.1, 0.15) is 71.3 Å². The number of esters is 1. The van der Waals surface area contributed by atoms with Gasteiger partial charge in [-0.05, 0) is 98.3 Å². The molecule has 0 aromatic heterocycles. The Hall–Kier alpha value is -9.58. The standard InChI is InChI=1S/C74H115ClN20O22S4/c1-15-18-37(2)27-43-28-49(57(75)50(29-43)113-14)95(12)55(101)21-23-74(72(10)59(115-72)38(3)51-30-73(117-74,41(6)112-13)93-70(111)114-51)116-67(110)40(5)94(11)56(102)22-26-118-121-71(8,9)58(60(76)103)92-66(109)48-36-120-119-35-47(87-42(7)97)62(105)85-33-54(100)88-44(19-16-24-81-68(77)78)64(107)90-45(20-17-25-82-69(79)80)63(106)86-39(4)61(104)84-31-52(98)83-32-53(99)89-46(34-96)65(108)91-48/h15,18,28-29,38-41,44-48,51,58-59,96H,1,16-17,19-27,30-36H2,2-14H3,(H2,76,103)(H,83,98)(H,84,104)(H,85,105)(H,86,106)(H,87,97)(H,88,100)(H,89,99)(H,90,107)(H,91,108)(H,92,109)(H,93,111)(H4,77,78,81)(H4,79,80,82)/b37-18+/t38-,39+,40+,41-,44+,45+,46+,47+,48+,51+,58-,59+,72-,73+,74-/m1/s1. The molecule has 121 heavy (non-hydrogen) atoms. The zero-order chi connectivity index (χ0) is 90.6. The molecule has 1 aromatic carbocycles. The van der Waals surface area contributed by atoms with Crippen molar-refractivity contribution in [1.82, 2.24) is 74.0 Å². The highest BCUT2D eigenvalue weighted by molar-refractivity contribution is 8.77. The fourth-order valence-electron chi connectivity index (χ4n) is 13.0. The van der Waals surface area contributed by atoms with Gasteiger partial charge in [-0.15, -0.1) is 0 Å². The van der Waals surface area contributed by atoms with Crippen LogP contribution in [-0.4, -0.2) is 284 Å². The summed E-state index contributed by atoms with van der Waals surface area (Å²) in [6.45, 7) is 14.3. The number of aliphatic hydroxyl groups excluding tert-OH is 1. The summed E-state index contributed by atoms with van der Waals surface area (Å²) < 4.78 is 35.9. The van der Waals surface area contributed by atoms with Gasteiger partial charge in [-0.2, -0.15) is 0 Å². The fourth-order valence-corrected chi connectivity index (χ4v) is 18.3. The summed E-state index contributed by atoms with van der Waals surface area (Å²) in [5.41, 5.74) is 15.6. The highest BCUT2D eigenvalue weighted by Gasteiger charge is 2.76. The van der Waals surface area contributed by atoms with Gasteiger partial charge in [0.05, 0.1) is 45.1 Å². The maximum atomic E-state index is 15.0. The monoisotopic (exact) mass is 1800 g/mol. The normalized spacial score (nSPS) is 25.8. The molecule has 5 rings (SSSR count). The number of methoxy groups -OCH3 is 2. The van der Waals surface area contributed by atoms with Crippen LogP contribution in [-0.2, 0) is 97.2 Å². The second kappa shape index (κ2) is 47.2. The van der Waals surface area contributed by atoms with Gasteiger partial charge in [0, 0.05) is 94.8 Å². The molecule has 4 heterocycles. The molecule has 22 N–H and O–H groups in total. The number of epoxide rings is 1. The van der Waals surface area contributed by atoms with Crippen LogP contribution in [0.2, 0.25) is 5.02 Å². The molecular weight excluding hydrogens is 1680 g/mol. The molecule has 1 aromatic rings. The molecule has 47 heteroatoms. The number of alkyl carbamates (subject to hydrolysis) is 1. The number of aliphatic hydroxyl groups is 1. The number of hydrogen-bond donors (Lipinski definition) is 19. The van der Waals surface area contributed by atoms with Crippen molar-refractivity contribution in [3.05, 3.63) is 47.0 Å². The van der Waals surface area contributed by atoms with E-state index in [1.165, 1.54) is 47.1 Å². The van der Waals surface area contributed by atoms with Gasteiger partial charge in [-0.1, -0.05) is 86.0 Å². The van der Waals surface area contributed by atoms with Gasteiger partial charge in [0.25, 0.3) is 0 Å². The Morgan fingerprint density at radius 3 is 1.98 bits per heavy atom. The maximum absolute atomic E-state index is 15.0. The highest BCUT2D eigenvalue weighted by Crippen LogP contribution is 2.58. The fraction of sp³-hybridized carbons (Fsp3) is 0.635. The van der Waals surface area contributed by atoms with E-state index >= 15 is 0 Å². The van der Waals surface area contributed by atoms with Gasteiger partial charge in [0.15, 0.2) is 23.2 Å². The number of anilines is 1. The average molecular weight is 1800 g/mol. The van der Waals surface area contributed by atoms with Gasteiger partial charge in [0.2, 0.25) is 82.6 Å². The number of guanidine groups is 2. The molecule has 0 spiro atoms. The number of nitrogens with one attached hydrogen (secondary N) is 15. The van der Waals surface area contributed by atoms with Crippen LogP contribution < -0.4 is 96.0 Å². The number of primary amides is 1. The van der Waals surface area contributed by atoms with Gasteiger partial charge in [-0.25, -0.2) is 9.59 Å². The molecule has 4 aliphatic rings. The van der Waals surface area contributed by atoms with Crippen LogP contribution in [0.3, 0.4) is 0 Å². The average Bonchev–Trinajstić information content (AvgIpc) is 1.53. The van der Waals surface area contributed by atoms with Gasteiger partial charge < -0.3 is 124 Å². The summed E-state index contributed by atoms with van der Waals surface area (Å²) in [6.07, 6.45) is -0.415. The van der Waals surface area contributed by atoms with Crippen molar-refractivity contribution in [1.29, 1.82) is 10.8 Å². The van der Waals surface area contributed by atoms with Crippen LogP contribution in [0.1, 0.15) is 119 Å². The van der Waals surface area contributed by atoms with E-state index in [-0.39, 0.29) is 86.9 Å². The number of benzene rings is 1. The first-order valence-electron chi connectivity index (χ1n) is 38.6. The summed E-state index contributed by atoms with van der Waals surface area (Å²) in [6, 6.07) is -8.50. The van der Waals surface area contributed by atoms with Crippen LogP contribution >= 0.6 is 54.8 Å². The van der Waals surface area contributed by atoms with E-state index in [1.54, 1.807) is 45.9 Å². The van der Waals surface area contributed by atoms with E-state index in [2.05, 4.69) is 75.7 Å². The number of nitrogens with two attached hydrogens (primary N) is 3. The quantitative estimate of drug-likeness (QED) is 0.00682. The number of carbonyl (C=O) groups excluding carboxylic acids is 15. The van der Waals surface area contributed by atoms with Crippen molar-refractivity contribution in [2.24, 2.45) is 23.1 Å². The number of nitrogens with zero attached hydrogens (tertiary/aromatic N) is 2. The molecule has 0 unspecified atom stereocenters. The van der Waals surface area contributed by atoms with E-state index in [4.69, 9.17) is 68.0 Å². The van der Waals surface area contributed by atoms with Crippen LogP contribution in [0.4, 0.5) is 10.5 Å². The van der Waals surface area contributed by atoms with Crippen LogP contribution in [0.25, 0.3) is 0 Å². The van der Waals surface area contributed by atoms with E-state index < -0.39 is 221 Å². The molecule has 4 fully saturated rings. The minimum absolute atomic E-state index is 0.00899. The van der Waals surface area contributed by atoms with E-state index in [0.717, 1.165) is 66.1 Å². The Kier molecular flexibility index (Phi) is 39.8. The highest BCUT2D eigenvalue weighted by atomic mass is 35.5. The summed E-state index contributed by atoms with van der Waals surface area (Å²) in [5.74, 6) is -16.5. The van der Waals surface area contributed by atoms with Crippen LogP contribution in [0.15, 0.2) is 36.4 Å². The smallest absolute Gasteiger partial charge is 0.409 e. The van der Waals surface area contributed by atoms with Crippen molar-refractivity contribution in [3.63, 3.8) is 0 Å². The van der Waals surface area contributed by atoms with Crippen molar-refractivity contribution in [2.45, 2.75) is 209 Å². The SMILES string of the molecule is C=C/C=C(\C)Cc1cc(OC)c(Cl)c(N(C)C(=O)CC[C@@]2(OC(=O)[C@H](C)N(C)C(=O)CCSSC(C)(C)[C@H](NC(=O)[C@@H]3CSSC[C@H](NC(C)=O)C(=O)NCC(=O)N[C@@H](CCCNC(=N)N)C(=O)N[C@@H](CCCNC(=N)N)C(=O)N[C@@H](C)C(=O)NCC(=O)NCC(=O)N[C@@H](CO)C(=O)N3)C(N)=O)O[C@]3([C@@H](C)OC)C[C@H](OC(=O)N3)[C@@H](C)[C@@H]3O[C@]32C)c1. The molecule has 0 aliphatic carbocycles. The molecular formula is C74H115ClN20O22S4. The molecule has 4 aliphatic heterocycles. The molecule has 14 amide bonds. The first-order valence-corrected chi connectivity index (χ1v) is 43.8. The van der Waals surface area contributed by atoms with Crippen LogP contribution in [0, 0.1) is 16.7 Å². The zero-order valence-corrected chi connectivity index (χ0v) is 73.9. The third kappa shape index (κ3) is 29.9. The molecule has 0 saturated carbocycles. The van der Waals surface area contributed by atoms with E-state index in [1.807, 2.05) is 19.9 Å². The maximum Gasteiger partial charge on any atom is 0.409 e. The Morgan fingerprint density at radius 2 is 1.39 bits per heavy atom. The molecule has 0 radical (unpaired) electrons. The number of amides is 14. The van der Waals surface area contributed by atoms with E-state index in [9.17, 15) is 77.0 Å². The lowest BCUT2D eigenvalue weighted by Gasteiger charge is -2.52. The van der Waals surface area contributed by atoms with Crippen LogP contribution in [0.5, 0.6) is 5.75 Å². The minimum atomic E-state index is -2.20. The number of halogens is 1. The topological polar surface area (TPSA) is 624 Å². The second-order valence-electron chi connectivity index (χ2n) is 29.9. The Labute approximate surface area is 721 Å².